The van der Waals surface area contributed by atoms with E-state index in [1.54, 1.807) is 0 Å². The van der Waals surface area contributed by atoms with Gasteiger partial charge in [-0.05, 0) is 23.8 Å². The number of pyridine rings is 1. The Morgan fingerprint density at radius 3 is 2.90 bits per heavy atom. The fraction of sp³-hybridized carbons (Fsp3) is 0.125. The third-order valence-corrected chi connectivity index (χ3v) is 3.17. The Morgan fingerprint density at radius 1 is 1.29 bits per heavy atom. The molecule has 5 nitrogen and oxygen atoms in total. The van der Waals surface area contributed by atoms with Crippen LogP contribution in [0.5, 0.6) is 0 Å². The monoisotopic (exact) mass is 281 g/mol. The molecule has 0 aliphatic heterocycles. The van der Waals surface area contributed by atoms with Crippen molar-refractivity contribution in [2.75, 3.05) is 5.32 Å². The van der Waals surface area contributed by atoms with E-state index in [-0.39, 0.29) is 12.5 Å². The van der Waals surface area contributed by atoms with Crippen molar-refractivity contribution in [2.24, 2.45) is 0 Å². The van der Waals surface area contributed by atoms with Gasteiger partial charge in [0.05, 0.1) is 12.3 Å². The van der Waals surface area contributed by atoms with Crippen LogP contribution in [0.1, 0.15) is 12.5 Å². The van der Waals surface area contributed by atoms with Gasteiger partial charge < -0.3 is 14.8 Å². The molecule has 1 amide bonds. The molecule has 0 radical (unpaired) electrons. The highest BCUT2D eigenvalue weighted by molar-refractivity contribution is 5.89. The number of amides is 1. The van der Waals surface area contributed by atoms with Gasteiger partial charge in [0.25, 0.3) is 0 Å². The summed E-state index contributed by atoms with van der Waals surface area (Å²) in [5.41, 5.74) is 4.13. The lowest BCUT2D eigenvalue weighted by atomic mass is 10.1. The van der Waals surface area contributed by atoms with Crippen molar-refractivity contribution in [3.63, 3.8) is 0 Å². The van der Waals surface area contributed by atoms with Crippen LogP contribution < -0.4 is 5.32 Å². The second kappa shape index (κ2) is 5.38. The molecule has 5 heteroatoms. The number of hydrogen-bond donors (Lipinski definition) is 2. The van der Waals surface area contributed by atoms with E-state index < -0.39 is 0 Å². The second-order valence-corrected chi connectivity index (χ2v) is 4.85. The van der Waals surface area contributed by atoms with Gasteiger partial charge in [-0.2, -0.15) is 0 Å². The van der Waals surface area contributed by atoms with E-state index in [1.165, 1.54) is 6.92 Å². The summed E-state index contributed by atoms with van der Waals surface area (Å²) in [4.78, 5) is 15.7. The molecule has 0 atom stereocenters. The Bertz CT molecular complexity index is 808. The Kier molecular flexibility index (Phi) is 3.41. The number of nitrogens with one attached hydrogen (secondary N) is 1. The van der Waals surface area contributed by atoms with Gasteiger partial charge in [-0.1, -0.05) is 18.2 Å². The molecule has 2 N–H and O–H groups in total. The van der Waals surface area contributed by atoms with Crippen molar-refractivity contribution in [2.45, 2.75) is 13.5 Å². The Balaban J connectivity index is 2.01. The summed E-state index contributed by atoms with van der Waals surface area (Å²) in [5, 5.41) is 11.9. The van der Waals surface area contributed by atoms with E-state index >= 15 is 0 Å². The van der Waals surface area contributed by atoms with Gasteiger partial charge >= 0.3 is 0 Å². The minimum Gasteiger partial charge on any atom is -0.392 e. The SMILES string of the molecule is CC(=O)Nc1cccc(-c2cn3cc(CO)ccc3n2)c1. The van der Waals surface area contributed by atoms with Crippen LogP contribution in [0.3, 0.4) is 0 Å². The molecule has 21 heavy (non-hydrogen) atoms. The average Bonchev–Trinajstić information content (AvgIpc) is 2.89. The van der Waals surface area contributed by atoms with Gasteiger partial charge in [-0.3, -0.25) is 4.79 Å². The van der Waals surface area contributed by atoms with Crippen molar-refractivity contribution < 1.29 is 9.90 Å². The lowest BCUT2D eigenvalue weighted by Gasteiger charge is -2.03. The maximum absolute atomic E-state index is 11.1. The Morgan fingerprint density at radius 2 is 2.14 bits per heavy atom. The predicted molar refractivity (Wildman–Crippen MR) is 80.9 cm³/mol. The fourth-order valence-corrected chi connectivity index (χ4v) is 2.23. The van der Waals surface area contributed by atoms with Crippen molar-refractivity contribution in [3.05, 3.63) is 54.4 Å². The number of hydrogen-bond acceptors (Lipinski definition) is 3. The minimum absolute atomic E-state index is 0.00146. The quantitative estimate of drug-likeness (QED) is 0.775. The number of carbonyl (C=O) groups excluding carboxylic acids is 1. The first-order valence-electron chi connectivity index (χ1n) is 6.62. The van der Waals surface area contributed by atoms with Crippen molar-refractivity contribution in [1.82, 2.24) is 9.38 Å². The molecule has 2 aromatic heterocycles. The number of rotatable bonds is 3. The Hall–Kier alpha value is -2.66. The number of carbonyl (C=O) groups is 1. The predicted octanol–water partition coefficient (Wildman–Crippen LogP) is 2.45. The molecule has 1 aromatic carbocycles. The van der Waals surface area contributed by atoms with Crippen LogP contribution in [0.25, 0.3) is 16.9 Å². The van der Waals surface area contributed by atoms with Crippen LogP contribution in [0.15, 0.2) is 48.8 Å². The Labute approximate surface area is 121 Å². The van der Waals surface area contributed by atoms with Crippen LogP contribution in [-0.4, -0.2) is 20.4 Å². The maximum Gasteiger partial charge on any atom is 0.221 e. The average molecular weight is 281 g/mol. The van der Waals surface area contributed by atoms with Crippen LogP contribution >= 0.6 is 0 Å². The van der Waals surface area contributed by atoms with Crippen molar-refractivity contribution in [3.8, 4) is 11.3 Å². The minimum atomic E-state index is -0.102. The number of benzene rings is 1. The third kappa shape index (κ3) is 2.78. The van der Waals surface area contributed by atoms with E-state index in [9.17, 15) is 4.79 Å². The number of nitrogens with zero attached hydrogens (tertiary/aromatic N) is 2. The molecule has 0 saturated carbocycles. The molecular weight excluding hydrogens is 266 g/mol. The zero-order valence-corrected chi connectivity index (χ0v) is 11.6. The summed E-state index contributed by atoms with van der Waals surface area (Å²) in [6.07, 6.45) is 3.75. The van der Waals surface area contributed by atoms with Crippen LogP contribution in [0.2, 0.25) is 0 Å². The molecule has 0 unspecified atom stereocenters. The summed E-state index contributed by atoms with van der Waals surface area (Å²) < 4.78 is 1.88. The molecule has 0 aliphatic carbocycles. The zero-order valence-electron chi connectivity index (χ0n) is 11.6. The van der Waals surface area contributed by atoms with Crippen molar-refractivity contribution in [1.29, 1.82) is 0 Å². The molecule has 0 aliphatic rings. The molecule has 106 valence electrons. The first-order valence-corrected chi connectivity index (χ1v) is 6.62. The van der Waals surface area contributed by atoms with Gasteiger partial charge in [0, 0.05) is 30.6 Å². The van der Waals surface area contributed by atoms with Gasteiger partial charge in [-0.25, -0.2) is 4.98 Å². The van der Waals surface area contributed by atoms with E-state index in [0.717, 1.165) is 28.2 Å². The lowest BCUT2D eigenvalue weighted by molar-refractivity contribution is -0.114. The molecule has 3 rings (SSSR count). The molecule has 0 fully saturated rings. The fourth-order valence-electron chi connectivity index (χ4n) is 2.23. The standard InChI is InChI=1S/C16H15N3O2/c1-11(21)17-14-4-2-3-13(7-14)15-9-19-8-12(10-20)5-6-16(19)18-15/h2-9,20H,10H2,1H3,(H,17,21). The first kappa shape index (κ1) is 13.3. The van der Waals surface area contributed by atoms with Crippen LogP contribution in [0, 0.1) is 0 Å². The highest BCUT2D eigenvalue weighted by Crippen LogP contribution is 2.22. The molecule has 0 saturated heterocycles. The number of imidazole rings is 1. The van der Waals surface area contributed by atoms with E-state index in [2.05, 4.69) is 10.3 Å². The largest absolute Gasteiger partial charge is 0.392 e. The van der Waals surface area contributed by atoms with E-state index in [0.29, 0.717) is 0 Å². The van der Waals surface area contributed by atoms with E-state index in [4.69, 9.17) is 5.11 Å². The smallest absolute Gasteiger partial charge is 0.221 e. The number of fused-ring (bicyclic) bond motifs is 1. The molecule has 2 heterocycles. The van der Waals surface area contributed by atoms with Crippen molar-refractivity contribution >= 4 is 17.2 Å². The number of aliphatic hydroxyl groups is 1. The molecule has 0 bridgehead atoms. The van der Waals surface area contributed by atoms with E-state index in [1.807, 2.05) is 53.2 Å². The molecular formula is C16H15N3O2. The highest BCUT2D eigenvalue weighted by atomic mass is 16.3. The van der Waals surface area contributed by atoms with Gasteiger partial charge in [-0.15, -0.1) is 0 Å². The second-order valence-electron chi connectivity index (χ2n) is 4.85. The summed E-state index contributed by atoms with van der Waals surface area (Å²) >= 11 is 0. The summed E-state index contributed by atoms with van der Waals surface area (Å²) in [6.45, 7) is 1.48. The number of aliphatic hydroxyl groups excluding tert-OH is 1. The molecule has 0 spiro atoms. The third-order valence-electron chi connectivity index (χ3n) is 3.17. The van der Waals surface area contributed by atoms with Crippen LogP contribution in [-0.2, 0) is 11.4 Å². The maximum atomic E-state index is 11.1. The normalized spacial score (nSPS) is 10.8. The molecule has 3 aromatic rings. The van der Waals surface area contributed by atoms with Gasteiger partial charge in [0.15, 0.2) is 0 Å². The lowest BCUT2D eigenvalue weighted by Crippen LogP contribution is -2.05. The summed E-state index contributed by atoms with van der Waals surface area (Å²) in [7, 11) is 0. The highest BCUT2D eigenvalue weighted by Gasteiger charge is 2.06. The van der Waals surface area contributed by atoms with Crippen LogP contribution in [0.4, 0.5) is 5.69 Å². The summed E-state index contributed by atoms with van der Waals surface area (Å²) in [5.74, 6) is -0.102. The van der Waals surface area contributed by atoms with Gasteiger partial charge in [0.1, 0.15) is 5.65 Å². The van der Waals surface area contributed by atoms with Gasteiger partial charge in [0.2, 0.25) is 5.91 Å². The topological polar surface area (TPSA) is 66.6 Å². The first-order chi connectivity index (χ1) is 10.2. The zero-order chi connectivity index (χ0) is 14.8. The number of anilines is 1. The number of aromatic nitrogens is 2. The summed E-state index contributed by atoms with van der Waals surface area (Å²) in [6, 6.07) is 11.3.